The molecule has 0 aliphatic heterocycles. The lowest BCUT2D eigenvalue weighted by Crippen LogP contribution is -2.32. The van der Waals surface area contributed by atoms with Crippen molar-refractivity contribution in [3.8, 4) is 0 Å². The third kappa shape index (κ3) is 6.32. The maximum absolute atomic E-state index is 12.0. The first-order chi connectivity index (χ1) is 11.5. The molecule has 1 aromatic carbocycles. The first-order valence-electron chi connectivity index (χ1n) is 8.79. The van der Waals surface area contributed by atoms with Gasteiger partial charge in [0.2, 0.25) is 11.8 Å². The number of anilines is 1. The van der Waals surface area contributed by atoms with E-state index in [1.807, 2.05) is 12.1 Å². The topological polar surface area (TPSA) is 67.4 Å². The molecule has 2 N–H and O–H groups in total. The Morgan fingerprint density at radius 2 is 1.88 bits per heavy atom. The van der Waals surface area contributed by atoms with E-state index in [0.29, 0.717) is 31.6 Å². The molecule has 5 nitrogen and oxygen atoms in total. The van der Waals surface area contributed by atoms with Gasteiger partial charge < -0.3 is 15.4 Å². The second-order valence-corrected chi connectivity index (χ2v) is 6.58. The number of rotatable bonds is 7. The second kappa shape index (κ2) is 9.42. The van der Waals surface area contributed by atoms with Crippen LogP contribution in [0.15, 0.2) is 24.3 Å². The molecule has 0 aromatic heterocycles. The minimum Gasteiger partial charge on any atom is -0.376 e. The van der Waals surface area contributed by atoms with E-state index < -0.39 is 0 Å². The molecule has 132 valence electrons. The average molecular weight is 332 g/mol. The van der Waals surface area contributed by atoms with Crippen molar-refractivity contribution in [2.24, 2.45) is 5.92 Å². The van der Waals surface area contributed by atoms with E-state index in [9.17, 15) is 9.59 Å². The molecule has 0 spiro atoms. The third-order valence-electron chi connectivity index (χ3n) is 4.43. The van der Waals surface area contributed by atoms with Crippen LogP contribution in [0.5, 0.6) is 0 Å². The molecule has 1 aliphatic carbocycles. The molecule has 2 rings (SSSR count). The molecule has 2 amide bonds. The fourth-order valence-electron chi connectivity index (χ4n) is 3.09. The highest BCUT2D eigenvalue weighted by Crippen LogP contribution is 2.25. The van der Waals surface area contributed by atoms with Gasteiger partial charge in [0.1, 0.15) is 0 Å². The van der Waals surface area contributed by atoms with E-state index in [2.05, 4.69) is 17.6 Å². The van der Waals surface area contributed by atoms with Gasteiger partial charge in [0, 0.05) is 19.2 Å². The van der Waals surface area contributed by atoms with Crippen molar-refractivity contribution in [3.05, 3.63) is 29.8 Å². The standard InChI is InChI=1S/C19H28N2O3/c1-14-5-3-4-6-18(14)24-12-11-20-19(23)13-16-7-9-17(10-8-16)21-15(2)22/h7-10,14,18H,3-6,11-13H2,1-2H3,(H,20,23)(H,21,22). The summed E-state index contributed by atoms with van der Waals surface area (Å²) in [5.74, 6) is 0.506. The van der Waals surface area contributed by atoms with Crippen molar-refractivity contribution >= 4 is 17.5 Å². The van der Waals surface area contributed by atoms with Gasteiger partial charge in [-0.3, -0.25) is 9.59 Å². The van der Waals surface area contributed by atoms with Crippen LogP contribution < -0.4 is 10.6 Å². The number of benzene rings is 1. The van der Waals surface area contributed by atoms with Crippen LogP contribution in [0.2, 0.25) is 0 Å². The number of carbonyl (C=O) groups excluding carboxylic acids is 2. The highest BCUT2D eigenvalue weighted by Gasteiger charge is 2.21. The Balaban J connectivity index is 1.65. The molecule has 5 heteroatoms. The van der Waals surface area contributed by atoms with E-state index in [1.54, 1.807) is 12.1 Å². The van der Waals surface area contributed by atoms with Crippen LogP contribution in [0.25, 0.3) is 0 Å². The summed E-state index contributed by atoms with van der Waals surface area (Å²) in [4.78, 5) is 22.9. The molecule has 1 aromatic rings. The molecule has 2 unspecified atom stereocenters. The average Bonchev–Trinajstić information content (AvgIpc) is 2.54. The predicted octanol–water partition coefficient (Wildman–Crippen LogP) is 2.90. The van der Waals surface area contributed by atoms with Gasteiger partial charge in [-0.1, -0.05) is 31.9 Å². The Bertz CT molecular complexity index is 542. The number of ether oxygens (including phenoxy) is 1. The normalized spacial score (nSPS) is 20.4. The van der Waals surface area contributed by atoms with E-state index in [0.717, 1.165) is 17.7 Å². The van der Waals surface area contributed by atoms with Gasteiger partial charge in [-0.15, -0.1) is 0 Å². The fourth-order valence-corrected chi connectivity index (χ4v) is 3.09. The Labute approximate surface area is 144 Å². The molecule has 0 bridgehead atoms. The largest absolute Gasteiger partial charge is 0.376 e. The van der Waals surface area contributed by atoms with Crippen molar-refractivity contribution in [2.75, 3.05) is 18.5 Å². The number of hydrogen-bond donors (Lipinski definition) is 2. The molecule has 0 radical (unpaired) electrons. The molecule has 1 aliphatic rings. The van der Waals surface area contributed by atoms with Crippen LogP contribution in [0, 0.1) is 5.92 Å². The number of nitrogens with one attached hydrogen (secondary N) is 2. The van der Waals surface area contributed by atoms with Crippen LogP contribution in [0.1, 0.15) is 45.1 Å². The fraction of sp³-hybridized carbons (Fsp3) is 0.579. The van der Waals surface area contributed by atoms with Gasteiger partial charge in [-0.05, 0) is 36.5 Å². The highest BCUT2D eigenvalue weighted by molar-refractivity contribution is 5.88. The van der Waals surface area contributed by atoms with Gasteiger partial charge >= 0.3 is 0 Å². The third-order valence-corrected chi connectivity index (χ3v) is 4.43. The highest BCUT2D eigenvalue weighted by atomic mass is 16.5. The molecule has 2 atom stereocenters. The van der Waals surface area contributed by atoms with Crippen molar-refractivity contribution in [2.45, 2.75) is 52.1 Å². The molecule has 24 heavy (non-hydrogen) atoms. The van der Waals surface area contributed by atoms with Crippen molar-refractivity contribution in [1.29, 1.82) is 0 Å². The Hall–Kier alpha value is -1.88. The van der Waals surface area contributed by atoms with E-state index in [1.165, 1.54) is 26.2 Å². The van der Waals surface area contributed by atoms with Gasteiger partial charge in [-0.2, -0.15) is 0 Å². The first-order valence-corrected chi connectivity index (χ1v) is 8.79. The van der Waals surface area contributed by atoms with Gasteiger partial charge in [0.25, 0.3) is 0 Å². The summed E-state index contributed by atoms with van der Waals surface area (Å²) in [5.41, 5.74) is 1.66. The van der Waals surface area contributed by atoms with E-state index >= 15 is 0 Å². The van der Waals surface area contributed by atoms with E-state index in [-0.39, 0.29) is 11.8 Å². The lowest BCUT2D eigenvalue weighted by atomic mass is 9.88. The zero-order chi connectivity index (χ0) is 17.4. The number of amides is 2. The van der Waals surface area contributed by atoms with Crippen LogP contribution in [-0.4, -0.2) is 31.1 Å². The Kier molecular flexibility index (Phi) is 7.25. The summed E-state index contributed by atoms with van der Waals surface area (Å²) in [6.07, 6.45) is 5.60. The zero-order valence-electron chi connectivity index (χ0n) is 14.6. The van der Waals surface area contributed by atoms with Crippen LogP contribution in [-0.2, 0) is 20.7 Å². The minimum absolute atomic E-state index is 0.0115. The predicted molar refractivity (Wildman–Crippen MR) is 94.8 cm³/mol. The maximum atomic E-state index is 12.0. The molecular formula is C19H28N2O3. The summed E-state index contributed by atoms with van der Waals surface area (Å²) >= 11 is 0. The summed E-state index contributed by atoms with van der Waals surface area (Å²) in [6.45, 7) is 4.83. The summed E-state index contributed by atoms with van der Waals surface area (Å²) in [7, 11) is 0. The molecule has 0 heterocycles. The Morgan fingerprint density at radius 1 is 1.17 bits per heavy atom. The van der Waals surface area contributed by atoms with Crippen molar-refractivity contribution in [1.82, 2.24) is 5.32 Å². The second-order valence-electron chi connectivity index (χ2n) is 6.58. The van der Waals surface area contributed by atoms with Crippen LogP contribution in [0.4, 0.5) is 5.69 Å². The van der Waals surface area contributed by atoms with Crippen molar-refractivity contribution in [3.63, 3.8) is 0 Å². The first kappa shape index (κ1) is 18.5. The zero-order valence-corrected chi connectivity index (χ0v) is 14.6. The van der Waals surface area contributed by atoms with Gasteiger partial charge in [0.05, 0.1) is 19.1 Å². The summed E-state index contributed by atoms with van der Waals surface area (Å²) < 4.78 is 5.89. The lowest BCUT2D eigenvalue weighted by Gasteiger charge is -2.28. The summed E-state index contributed by atoms with van der Waals surface area (Å²) in [6, 6.07) is 7.31. The Morgan fingerprint density at radius 3 is 2.54 bits per heavy atom. The summed E-state index contributed by atoms with van der Waals surface area (Å²) in [5, 5.41) is 5.60. The van der Waals surface area contributed by atoms with Crippen LogP contribution >= 0.6 is 0 Å². The molecule has 0 saturated heterocycles. The van der Waals surface area contributed by atoms with Crippen molar-refractivity contribution < 1.29 is 14.3 Å². The molecule has 1 fully saturated rings. The van der Waals surface area contributed by atoms with Gasteiger partial charge in [0.15, 0.2) is 0 Å². The van der Waals surface area contributed by atoms with Crippen LogP contribution in [0.3, 0.4) is 0 Å². The smallest absolute Gasteiger partial charge is 0.224 e. The number of carbonyl (C=O) groups is 2. The molecule has 1 saturated carbocycles. The minimum atomic E-state index is -0.104. The quantitative estimate of drug-likeness (QED) is 0.755. The number of hydrogen-bond acceptors (Lipinski definition) is 3. The SMILES string of the molecule is CC(=O)Nc1ccc(CC(=O)NCCOC2CCCCC2C)cc1. The monoisotopic (exact) mass is 332 g/mol. The maximum Gasteiger partial charge on any atom is 0.224 e. The van der Waals surface area contributed by atoms with Gasteiger partial charge in [-0.25, -0.2) is 0 Å². The molecular weight excluding hydrogens is 304 g/mol. The van der Waals surface area contributed by atoms with E-state index in [4.69, 9.17) is 4.74 Å². The lowest BCUT2D eigenvalue weighted by molar-refractivity contribution is -0.121.